The van der Waals surface area contributed by atoms with Crippen LogP contribution >= 0.6 is 0 Å². The van der Waals surface area contributed by atoms with Gasteiger partial charge in [-0.05, 0) is 37.3 Å². The monoisotopic (exact) mass is 302 g/mol. The average Bonchev–Trinajstić information content (AvgIpc) is 2.96. The second kappa shape index (κ2) is 6.80. The fourth-order valence-electron chi connectivity index (χ4n) is 3.73. The molecule has 1 aromatic carbocycles. The van der Waals surface area contributed by atoms with E-state index in [1.54, 1.807) is 0 Å². The van der Waals surface area contributed by atoms with Gasteiger partial charge in [0.15, 0.2) is 0 Å². The number of amides is 1. The molecule has 1 heterocycles. The normalized spacial score (nSPS) is 26.4. The highest BCUT2D eigenvalue weighted by Gasteiger charge is 2.33. The second-order valence-electron chi connectivity index (χ2n) is 6.59. The molecule has 0 spiro atoms. The van der Waals surface area contributed by atoms with Crippen LogP contribution in [0.4, 0.5) is 0 Å². The number of carbonyl (C=O) groups excluding carboxylic acids is 1. The van der Waals surface area contributed by atoms with Crippen molar-refractivity contribution in [1.29, 1.82) is 0 Å². The molecular formula is C18H26N2O2. The summed E-state index contributed by atoms with van der Waals surface area (Å²) in [4.78, 5) is 16.8. The van der Waals surface area contributed by atoms with Crippen molar-refractivity contribution in [2.45, 2.75) is 44.8 Å². The lowest BCUT2D eigenvalue weighted by molar-refractivity contribution is -0.132. The predicted molar refractivity (Wildman–Crippen MR) is 86.7 cm³/mol. The molecule has 0 aromatic heterocycles. The van der Waals surface area contributed by atoms with Crippen molar-refractivity contribution in [2.75, 3.05) is 26.2 Å². The Bertz CT molecular complexity index is 524. The molecule has 0 unspecified atom stereocenters. The maximum atomic E-state index is 12.5. The quantitative estimate of drug-likeness (QED) is 0.922. The van der Waals surface area contributed by atoms with E-state index in [9.17, 15) is 9.90 Å². The molecule has 1 N–H and O–H groups in total. The molecule has 2 fully saturated rings. The number of piperazine rings is 1. The van der Waals surface area contributed by atoms with Crippen LogP contribution in [-0.4, -0.2) is 59.1 Å². The predicted octanol–water partition coefficient (Wildman–Crippen LogP) is 1.60. The molecule has 120 valence electrons. The van der Waals surface area contributed by atoms with Crippen LogP contribution in [0.3, 0.4) is 0 Å². The van der Waals surface area contributed by atoms with Crippen LogP contribution in [-0.2, 0) is 11.2 Å². The summed E-state index contributed by atoms with van der Waals surface area (Å²) in [7, 11) is 0. The zero-order chi connectivity index (χ0) is 15.5. The van der Waals surface area contributed by atoms with Gasteiger partial charge in [-0.1, -0.05) is 24.3 Å². The molecule has 4 heteroatoms. The van der Waals surface area contributed by atoms with Gasteiger partial charge in [0.2, 0.25) is 5.91 Å². The fourth-order valence-corrected chi connectivity index (χ4v) is 3.73. The summed E-state index contributed by atoms with van der Waals surface area (Å²) >= 11 is 0. The first kappa shape index (κ1) is 15.5. The zero-order valence-electron chi connectivity index (χ0n) is 13.4. The first-order valence-electron chi connectivity index (χ1n) is 8.39. The Morgan fingerprint density at radius 1 is 1.18 bits per heavy atom. The number of hydrogen-bond acceptors (Lipinski definition) is 3. The highest BCUT2D eigenvalue weighted by molar-refractivity contribution is 5.79. The number of aryl methyl sites for hydroxylation is 1. The Morgan fingerprint density at radius 3 is 2.55 bits per heavy atom. The molecule has 22 heavy (non-hydrogen) atoms. The molecule has 1 saturated carbocycles. The smallest absolute Gasteiger partial charge is 0.227 e. The van der Waals surface area contributed by atoms with Crippen LogP contribution < -0.4 is 0 Å². The Morgan fingerprint density at radius 2 is 1.91 bits per heavy atom. The first-order chi connectivity index (χ1) is 10.6. The third-order valence-electron chi connectivity index (χ3n) is 5.18. The SMILES string of the molecule is Cc1ccccc1CC(=O)N1CCN([C@H]2CCC[C@H]2O)CC1. The summed E-state index contributed by atoms with van der Waals surface area (Å²) in [6.45, 7) is 5.41. The fraction of sp³-hybridized carbons (Fsp3) is 0.611. The number of hydrogen-bond donors (Lipinski definition) is 1. The third kappa shape index (κ3) is 3.33. The van der Waals surface area contributed by atoms with E-state index in [2.05, 4.69) is 17.9 Å². The van der Waals surface area contributed by atoms with Crippen molar-refractivity contribution in [1.82, 2.24) is 9.80 Å². The number of aliphatic hydroxyl groups is 1. The molecule has 1 aliphatic heterocycles. The van der Waals surface area contributed by atoms with Crippen molar-refractivity contribution in [3.05, 3.63) is 35.4 Å². The molecule has 1 saturated heterocycles. The number of nitrogens with zero attached hydrogens (tertiary/aromatic N) is 2. The Hall–Kier alpha value is -1.39. The standard InChI is InChI=1S/C18H26N2O2/c1-14-5-2-3-6-15(14)13-18(22)20-11-9-19(10-12-20)16-7-4-8-17(16)21/h2-3,5-6,16-17,21H,4,7-13H2,1H3/t16-,17+/m0/s1. The lowest BCUT2D eigenvalue weighted by Crippen LogP contribution is -2.53. The molecule has 1 aromatic rings. The van der Waals surface area contributed by atoms with E-state index in [0.717, 1.165) is 51.0 Å². The molecule has 0 radical (unpaired) electrons. The van der Waals surface area contributed by atoms with E-state index in [4.69, 9.17) is 0 Å². The summed E-state index contributed by atoms with van der Waals surface area (Å²) in [5.41, 5.74) is 2.31. The van der Waals surface area contributed by atoms with Gasteiger partial charge in [-0.2, -0.15) is 0 Å². The molecule has 1 aliphatic carbocycles. The summed E-state index contributed by atoms with van der Waals surface area (Å²) in [5.74, 6) is 0.223. The number of rotatable bonds is 3. The summed E-state index contributed by atoms with van der Waals surface area (Å²) in [6, 6.07) is 8.42. The first-order valence-corrected chi connectivity index (χ1v) is 8.39. The zero-order valence-corrected chi connectivity index (χ0v) is 13.4. The van der Waals surface area contributed by atoms with Crippen molar-refractivity contribution in [3.8, 4) is 0 Å². The lowest BCUT2D eigenvalue weighted by Gasteiger charge is -2.39. The minimum absolute atomic E-state index is 0.172. The molecule has 3 rings (SSSR count). The second-order valence-corrected chi connectivity index (χ2v) is 6.59. The van der Waals surface area contributed by atoms with Crippen LogP contribution in [0.25, 0.3) is 0 Å². The number of benzene rings is 1. The van der Waals surface area contributed by atoms with E-state index in [-0.39, 0.29) is 12.0 Å². The molecule has 1 amide bonds. The van der Waals surface area contributed by atoms with E-state index in [1.165, 1.54) is 5.56 Å². The number of carbonyl (C=O) groups is 1. The minimum atomic E-state index is -0.172. The van der Waals surface area contributed by atoms with Gasteiger partial charge in [0.25, 0.3) is 0 Å². The highest BCUT2D eigenvalue weighted by Crippen LogP contribution is 2.25. The van der Waals surface area contributed by atoms with Crippen molar-refractivity contribution < 1.29 is 9.90 Å². The van der Waals surface area contributed by atoms with Gasteiger partial charge in [-0.25, -0.2) is 0 Å². The van der Waals surface area contributed by atoms with Gasteiger partial charge in [0.05, 0.1) is 12.5 Å². The maximum Gasteiger partial charge on any atom is 0.227 e. The highest BCUT2D eigenvalue weighted by atomic mass is 16.3. The van der Waals surface area contributed by atoms with E-state index in [1.807, 2.05) is 23.1 Å². The van der Waals surface area contributed by atoms with Crippen LogP contribution in [0.5, 0.6) is 0 Å². The van der Waals surface area contributed by atoms with Crippen molar-refractivity contribution >= 4 is 5.91 Å². The molecule has 2 aliphatic rings. The maximum absolute atomic E-state index is 12.5. The van der Waals surface area contributed by atoms with Crippen molar-refractivity contribution in [2.24, 2.45) is 0 Å². The Kier molecular flexibility index (Phi) is 4.79. The lowest BCUT2D eigenvalue weighted by atomic mass is 10.0. The van der Waals surface area contributed by atoms with E-state index < -0.39 is 0 Å². The molecule has 0 bridgehead atoms. The van der Waals surface area contributed by atoms with E-state index >= 15 is 0 Å². The van der Waals surface area contributed by atoms with Crippen LogP contribution in [0.15, 0.2) is 24.3 Å². The molecule has 2 atom stereocenters. The Balaban J connectivity index is 1.53. The summed E-state index contributed by atoms with van der Waals surface area (Å²) in [6.07, 6.45) is 3.47. The molecular weight excluding hydrogens is 276 g/mol. The van der Waals surface area contributed by atoms with Gasteiger partial charge in [0.1, 0.15) is 0 Å². The summed E-state index contributed by atoms with van der Waals surface area (Å²) < 4.78 is 0. The number of aliphatic hydroxyl groups excluding tert-OH is 1. The van der Waals surface area contributed by atoms with Crippen LogP contribution in [0.2, 0.25) is 0 Å². The Labute approximate surface area is 132 Å². The third-order valence-corrected chi connectivity index (χ3v) is 5.18. The molecule has 4 nitrogen and oxygen atoms in total. The van der Waals surface area contributed by atoms with Gasteiger partial charge in [-0.3, -0.25) is 9.69 Å². The topological polar surface area (TPSA) is 43.8 Å². The van der Waals surface area contributed by atoms with Crippen LogP contribution in [0, 0.1) is 6.92 Å². The van der Waals surface area contributed by atoms with Gasteiger partial charge in [-0.15, -0.1) is 0 Å². The van der Waals surface area contributed by atoms with Gasteiger partial charge >= 0.3 is 0 Å². The average molecular weight is 302 g/mol. The van der Waals surface area contributed by atoms with E-state index in [0.29, 0.717) is 12.5 Å². The van der Waals surface area contributed by atoms with Gasteiger partial charge in [0, 0.05) is 32.2 Å². The largest absolute Gasteiger partial charge is 0.391 e. The van der Waals surface area contributed by atoms with Gasteiger partial charge < -0.3 is 10.0 Å². The van der Waals surface area contributed by atoms with Crippen molar-refractivity contribution in [3.63, 3.8) is 0 Å². The summed E-state index contributed by atoms with van der Waals surface area (Å²) in [5, 5.41) is 10.0. The minimum Gasteiger partial charge on any atom is -0.391 e. The van der Waals surface area contributed by atoms with Crippen LogP contribution in [0.1, 0.15) is 30.4 Å².